The fourth-order valence-electron chi connectivity index (χ4n) is 1.24. The molecule has 1 heterocycles. The number of amides is 1. The smallest absolute Gasteiger partial charge is 0.276 e. The second kappa shape index (κ2) is 5.09. The van der Waals surface area contributed by atoms with Gasteiger partial charge in [0.05, 0.1) is 5.69 Å². The highest BCUT2D eigenvalue weighted by atomic mass is 79.9. The number of nitrogens with one attached hydrogen (secondary N) is 1. The largest absolute Gasteiger partial charge is 0.382 e. The summed E-state index contributed by atoms with van der Waals surface area (Å²) in [7, 11) is 0. The number of carbonyl (C=O) groups is 1. The maximum absolute atomic E-state index is 13.0. The zero-order valence-corrected chi connectivity index (χ0v) is 10.6. The zero-order chi connectivity index (χ0) is 13.1. The van der Waals surface area contributed by atoms with Gasteiger partial charge in [0.15, 0.2) is 5.69 Å². The first-order chi connectivity index (χ1) is 8.56. The predicted molar refractivity (Wildman–Crippen MR) is 68.5 cm³/mol. The highest BCUT2D eigenvalue weighted by Crippen LogP contribution is 2.23. The van der Waals surface area contributed by atoms with Gasteiger partial charge in [-0.15, -0.1) is 10.2 Å². The van der Waals surface area contributed by atoms with E-state index in [9.17, 15) is 9.18 Å². The zero-order valence-electron chi connectivity index (χ0n) is 9.02. The van der Waals surface area contributed by atoms with Crippen LogP contribution < -0.4 is 11.1 Å². The van der Waals surface area contributed by atoms with E-state index < -0.39 is 11.7 Å². The van der Waals surface area contributed by atoms with Crippen LogP contribution in [0.3, 0.4) is 0 Å². The summed E-state index contributed by atoms with van der Waals surface area (Å²) < 4.78 is 13.6. The Bertz CT molecular complexity index is 588. The van der Waals surface area contributed by atoms with Crippen molar-refractivity contribution < 1.29 is 9.18 Å². The van der Waals surface area contributed by atoms with Gasteiger partial charge >= 0.3 is 0 Å². The lowest BCUT2D eigenvalue weighted by atomic mass is 10.3. The quantitative estimate of drug-likeness (QED) is 0.891. The van der Waals surface area contributed by atoms with E-state index in [1.54, 1.807) is 0 Å². The molecule has 0 atom stereocenters. The van der Waals surface area contributed by atoms with Crippen molar-refractivity contribution >= 4 is 33.3 Å². The number of benzene rings is 1. The third-order valence-electron chi connectivity index (χ3n) is 2.09. The Labute approximate surface area is 110 Å². The van der Waals surface area contributed by atoms with Gasteiger partial charge in [-0.25, -0.2) is 4.39 Å². The van der Waals surface area contributed by atoms with Crippen molar-refractivity contribution in [2.45, 2.75) is 0 Å². The molecule has 18 heavy (non-hydrogen) atoms. The first-order valence-electron chi connectivity index (χ1n) is 4.92. The predicted octanol–water partition coefficient (Wildman–Crippen LogP) is 2.21. The number of nitrogen functional groups attached to an aromatic ring is 1. The Kier molecular flexibility index (Phi) is 3.52. The number of anilines is 2. The van der Waals surface area contributed by atoms with Crippen LogP contribution in [-0.4, -0.2) is 16.1 Å². The van der Waals surface area contributed by atoms with Crippen molar-refractivity contribution in [3.05, 3.63) is 46.3 Å². The number of nitrogens with zero attached hydrogens (tertiary/aromatic N) is 2. The first-order valence-corrected chi connectivity index (χ1v) is 5.71. The minimum absolute atomic E-state index is 0.0976. The summed E-state index contributed by atoms with van der Waals surface area (Å²) in [5.41, 5.74) is 5.78. The fourth-order valence-corrected chi connectivity index (χ4v) is 1.59. The number of rotatable bonds is 2. The topological polar surface area (TPSA) is 80.9 Å². The molecule has 0 unspecified atom stereocenters. The van der Waals surface area contributed by atoms with Gasteiger partial charge in [-0.2, -0.15) is 0 Å². The van der Waals surface area contributed by atoms with Gasteiger partial charge in [-0.05, 0) is 46.3 Å². The summed E-state index contributed by atoms with van der Waals surface area (Å²) in [6.45, 7) is 0. The molecule has 0 radical (unpaired) electrons. The van der Waals surface area contributed by atoms with Crippen molar-refractivity contribution in [2.75, 3.05) is 11.1 Å². The number of carbonyl (C=O) groups excluding carboxylic acids is 1. The van der Waals surface area contributed by atoms with Crippen LogP contribution in [0.2, 0.25) is 0 Å². The lowest BCUT2D eigenvalue weighted by molar-refractivity contribution is 0.102. The molecule has 1 amide bonds. The minimum Gasteiger partial charge on any atom is -0.382 e. The Morgan fingerprint density at radius 2 is 2.06 bits per heavy atom. The standard InChI is InChI=1S/C11H8BrFN4O/c12-7-2-1-6(13)5-9(7)15-11(18)8-3-4-10(14)17-16-8/h1-5H,(H2,14,17)(H,15,18). The molecular formula is C11H8BrFN4O. The highest BCUT2D eigenvalue weighted by molar-refractivity contribution is 9.10. The number of halogens is 2. The summed E-state index contributed by atoms with van der Waals surface area (Å²) in [5, 5.41) is 9.71. The SMILES string of the molecule is Nc1ccc(C(=O)Nc2cc(F)ccc2Br)nn1. The molecule has 5 nitrogen and oxygen atoms in total. The Balaban J connectivity index is 2.21. The molecule has 1 aromatic heterocycles. The molecule has 0 aliphatic carbocycles. The third kappa shape index (κ3) is 2.80. The summed E-state index contributed by atoms with van der Waals surface area (Å²) in [6, 6.07) is 6.88. The summed E-state index contributed by atoms with van der Waals surface area (Å²) in [6.07, 6.45) is 0. The Hall–Kier alpha value is -2.02. The van der Waals surface area contributed by atoms with Crippen molar-refractivity contribution in [3.63, 3.8) is 0 Å². The number of aromatic nitrogens is 2. The summed E-state index contributed by atoms with van der Waals surface area (Å²) >= 11 is 3.21. The van der Waals surface area contributed by atoms with Crippen LogP contribution in [-0.2, 0) is 0 Å². The molecule has 0 fully saturated rings. The van der Waals surface area contributed by atoms with E-state index in [0.29, 0.717) is 10.2 Å². The molecule has 0 saturated carbocycles. The van der Waals surface area contributed by atoms with E-state index in [-0.39, 0.29) is 11.5 Å². The molecule has 0 bridgehead atoms. The fraction of sp³-hybridized carbons (Fsp3) is 0. The van der Waals surface area contributed by atoms with E-state index in [0.717, 1.165) is 0 Å². The number of hydrogen-bond donors (Lipinski definition) is 2. The average Bonchev–Trinajstić information content (AvgIpc) is 2.34. The van der Waals surface area contributed by atoms with Crippen LogP contribution in [0.25, 0.3) is 0 Å². The van der Waals surface area contributed by atoms with Gasteiger partial charge in [0.1, 0.15) is 11.6 Å². The summed E-state index contributed by atoms with van der Waals surface area (Å²) in [5.74, 6) is -0.718. The normalized spacial score (nSPS) is 10.1. The van der Waals surface area contributed by atoms with Crippen molar-refractivity contribution in [1.82, 2.24) is 10.2 Å². The van der Waals surface area contributed by atoms with Crippen LogP contribution in [0.5, 0.6) is 0 Å². The second-order valence-corrected chi connectivity index (χ2v) is 4.28. The van der Waals surface area contributed by atoms with E-state index in [1.807, 2.05) is 0 Å². The van der Waals surface area contributed by atoms with Gasteiger partial charge in [0, 0.05) is 4.47 Å². The highest BCUT2D eigenvalue weighted by Gasteiger charge is 2.10. The first kappa shape index (κ1) is 12.4. The van der Waals surface area contributed by atoms with E-state index in [2.05, 4.69) is 31.4 Å². The van der Waals surface area contributed by atoms with E-state index in [1.165, 1.54) is 30.3 Å². The van der Waals surface area contributed by atoms with Gasteiger partial charge in [-0.1, -0.05) is 0 Å². The van der Waals surface area contributed by atoms with Gasteiger partial charge in [0.25, 0.3) is 5.91 Å². The molecule has 2 rings (SSSR count). The Morgan fingerprint density at radius 3 is 2.72 bits per heavy atom. The maximum atomic E-state index is 13.0. The molecule has 3 N–H and O–H groups in total. The van der Waals surface area contributed by atoms with Gasteiger partial charge < -0.3 is 11.1 Å². The van der Waals surface area contributed by atoms with Crippen LogP contribution in [0.15, 0.2) is 34.8 Å². The summed E-state index contributed by atoms with van der Waals surface area (Å²) in [4.78, 5) is 11.8. The molecular weight excluding hydrogens is 303 g/mol. The average molecular weight is 311 g/mol. The molecule has 92 valence electrons. The van der Waals surface area contributed by atoms with Crippen LogP contribution in [0.4, 0.5) is 15.9 Å². The molecule has 7 heteroatoms. The lowest BCUT2D eigenvalue weighted by Crippen LogP contribution is -2.15. The van der Waals surface area contributed by atoms with Crippen LogP contribution in [0.1, 0.15) is 10.5 Å². The number of nitrogens with two attached hydrogens (primary N) is 1. The van der Waals surface area contributed by atoms with Gasteiger partial charge in [-0.3, -0.25) is 4.79 Å². The molecule has 0 aliphatic rings. The molecule has 2 aromatic rings. The van der Waals surface area contributed by atoms with Crippen LogP contribution >= 0.6 is 15.9 Å². The molecule has 0 spiro atoms. The monoisotopic (exact) mass is 310 g/mol. The van der Waals surface area contributed by atoms with Crippen molar-refractivity contribution in [3.8, 4) is 0 Å². The number of hydrogen-bond acceptors (Lipinski definition) is 4. The van der Waals surface area contributed by atoms with Crippen molar-refractivity contribution in [1.29, 1.82) is 0 Å². The van der Waals surface area contributed by atoms with Gasteiger partial charge in [0.2, 0.25) is 0 Å². The third-order valence-corrected chi connectivity index (χ3v) is 2.79. The Morgan fingerprint density at radius 1 is 1.28 bits per heavy atom. The van der Waals surface area contributed by atoms with Crippen molar-refractivity contribution in [2.24, 2.45) is 0 Å². The molecule has 0 aliphatic heterocycles. The maximum Gasteiger partial charge on any atom is 0.276 e. The van der Waals surface area contributed by atoms with Crippen LogP contribution in [0, 0.1) is 5.82 Å². The second-order valence-electron chi connectivity index (χ2n) is 3.42. The minimum atomic E-state index is -0.492. The van der Waals surface area contributed by atoms with E-state index in [4.69, 9.17) is 5.73 Å². The molecule has 1 aromatic carbocycles. The van der Waals surface area contributed by atoms with E-state index >= 15 is 0 Å². The molecule has 0 saturated heterocycles. The lowest BCUT2D eigenvalue weighted by Gasteiger charge is -2.06.